The van der Waals surface area contributed by atoms with Crippen molar-refractivity contribution in [1.82, 2.24) is 4.98 Å². The number of hydrogen-bond donors (Lipinski definition) is 1. The van der Waals surface area contributed by atoms with Crippen LogP contribution in [0.5, 0.6) is 0 Å². The zero-order chi connectivity index (χ0) is 10.8. The summed E-state index contributed by atoms with van der Waals surface area (Å²) in [6, 6.07) is 0.734. The van der Waals surface area contributed by atoms with Gasteiger partial charge in [-0.15, -0.1) is 0 Å². The third-order valence-electron chi connectivity index (χ3n) is 1.70. The maximum absolute atomic E-state index is 13.0. The summed E-state index contributed by atoms with van der Waals surface area (Å²) in [7, 11) is 0. The summed E-state index contributed by atoms with van der Waals surface area (Å²) in [5, 5.41) is 0. The van der Waals surface area contributed by atoms with Crippen LogP contribution in [0.4, 0.5) is 17.6 Å². The molecule has 0 aromatic carbocycles. The quantitative estimate of drug-likeness (QED) is 0.755. The standard InChI is InChI=1S/C8H8F4N2/c9-7(3-13)5-4-14-2-1-6(5)8(10,11)12/h1-2,4,7H,3,13H2. The normalized spacial score (nSPS) is 14.1. The van der Waals surface area contributed by atoms with Crippen molar-refractivity contribution in [2.75, 3.05) is 6.54 Å². The monoisotopic (exact) mass is 208 g/mol. The van der Waals surface area contributed by atoms with Crippen LogP contribution in [0.2, 0.25) is 0 Å². The molecular formula is C8H8F4N2. The molecule has 0 saturated carbocycles. The Hall–Kier alpha value is -1.17. The third kappa shape index (κ3) is 2.20. The van der Waals surface area contributed by atoms with Crippen molar-refractivity contribution in [1.29, 1.82) is 0 Å². The predicted molar refractivity (Wildman–Crippen MR) is 42.1 cm³/mol. The second-order valence-electron chi connectivity index (χ2n) is 2.66. The molecule has 1 rings (SSSR count). The van der Waals surface area contributed by atoms with E-state index < -0.39 is 30.0 Å². The predicted octanol–water partition coefficient (Wildman–Crippen LogP) is 2.07. The van der Waals surface area contributed by atoms with Crippen LogP contribution in [-0.2, 0) is 6.18 Å². The fourth-order valence-corrected chi connectivity index (χ4v) is 1.04. The third-order valence-corrected chi connectivity index (χ3v) is 1.70. The minimum absolute atomic E-state index is 0.491. The second kappa shape index (κ2) is 3.91. The number of nitrogens with two attached hydrogens (primary N) is 1. The van der Waals surface area contributed by atoms with Crippen LogP contribution < -0.4 is 5.73 Å². The Morgan fingerprint density at radius 3 is 2.57 bits per heavy atom. The second-order valence-corrected chi connectivity index (χ2v) is 2.66. The molecule has 0 radical (unpaired) electrons. The molecule has 78 valence electrons. The zero-order valence-electron chi connectivity index (χ0n) is 7.05. The lowest BCUT2D eigenvalue weighted by Crippen LogP contribution is -2.15. The zero-order valence-corrected chi connectivity index (χ0v) is 7.05. The number of rotatable bonds is 2. The lowest BCUT2D eigenvalue weighted by Gasteiger charge is -2.13. The molecule has 14 heavy (non-hydrogen) atoms. The van der Waals surface area contributed by atoms with Crippen molar-refractivity contribution in [2.45, 2.75) is 12.3 Å². The molecular weight excluding hydrogens is 200 g/mol. The lowest BCUT2D eigenvalue weighted by molar-refractivity contribution is -0.138. The van der Waals surface area contributed by atoms with E-state index >= 15 is 0 Å². The molecule has 6 heteroatoms. The van der Waals surface area contributed by atoms with Crippen molar-refractivity contribution < 1.29 is 17.6 Å². The topological polar surface area (TPSA) is 38.9 Å². The highest BCUT2D eigenvalue weighted by atomic mass is 19.4. The smallest absolute Gasteiger partial charge is 0.327 e. The van der Waals surface area contributed by atoms with E-state index in [1.54, 1.807) is 0 Å². The van der Waals surface area contributed by atoms with E-state index in [1.807, 2.05) is 0 Å². The van der Waals surface area contributed by atoms with Gasteiger partial charge in [0.05, 0.1) is 5.56 Å². The first-order valence-electron chi connectivity index (χ1n) is 3.82. The molecule has 0 amide bonds. The lowest BCUT2D eigenvalue weighted by atomic mass is 10.1. The van der Waals surface area contributed by atoms with E-state index in [0.29, 0.717) is 0 Å². The molecule has 1 unspecified atom stereocenters. The summed E-state index contributed by atoms with van der Waals surface area (Å²) in [5.74, 6) is 0. The van der Waals surface area contributed by atoms with E-state index in [1.165, 1.54) is 0 Å². The summed E-state index contributed by atoms with van der Waals surface area (Å²) in [6.45, 7) is -0.491. The number of pyridine rings is 1. The van der Waals surface area contributed by atoms with Crippen LogP contribution in [0.3, 0.4) is 0 Å². The first-order chi connectivity index (χ1) is 6.46. The maximum atomic E-state index is 13.0. The number of alkyl halides is 4. The largest absolute Gasteiger partial charge is 0.416 e. The SMILES string of the molecule is NCC(F)c1cnccc1C(F)(F)F. The van der Waals surface area contributed by atoms with Crippen molar-refractivity contribution >= 4 is 0 Å². The van der Waals surface area contributed by atoms with E-state index in [4.69, 9.17) is 5.73 Å². The Morgan fingerprint density at radius 2 is 2.07 bits per heavy atom. The van der Waals surface area contributed by atoms with E-state index in [0.717, 1.165) is 18.5 Å². The summed E-state index contributed by atoms with van der Waals surface area (Å²) >= 11 is 0. The number of nitrogens with zero attached hydrogens (tertiary/aromatic N) is 1. The van der Waals surface area contributed by atoms with Crippen molar-refractivity contribution in [3.8, 4) is 0 Å². The van der Waals surface area contributed by atoms with Gasteiger partial charge in [-0.1, -0.05) is 0 Å². The number of aromatic nitrogens is 1. The Kier molecular flexibility index (Phi) is 3.05. The van der Waals surface area contributed by atoms with Crippen molar-refractivity contribution in [2.24, 2.45) is 5.73 Å². The summed E-state index contributed by atoms with van der Waals surface area (Å²) in [4.78, 5) is 3.43. The van der Waals surface area contributed by atoms with Gasteiger partial charge in [0.15, 0.2) is 0 Å². The molecule has 1 aromatic heterocycles. The molecule has 0 spiro atoms. The number of halogens is 4. The molecule has 0 fully saturated rings. The summed E-state index contributed by atoms with van der Waals surface area (Å²) in [5.41, 5.74) is 3.41. The minimum Gasteiger partial charge on any atom is -0.327 e. The van der Waals surface area contributed by atoms with Gasteiger partial charge in [-0.05, 0) is 6.07 Å². The van der Waals surface area contributed by atoms with Crippen LogP contribution in [0, 0.1) is 0 Å². The van der Waals surface area contributed by atoms with Crippen molar-refractivity contribution in [3.05, 3.63) is 29.6 Å². The molecule has 1 heterocycles. The Balaban J connectivity index is 3.16. The van der Waals surface area contributed by atoms with E-state index in [9.17, 15) is 17.6 Å². The molecule has 2 nitrogen and oxygen atoms in total. The highest BCUT2D eigenvalue weighted by Crippen LogP contribution is 2.34. The van der Waals surface area contributed by atoms with E-state index in [-0.39, 0.29) is 0 Å². The van der Waals surface area contributed by atoms with Crippen LogP contribution in [0.15, 0.2) is 18.5 Å². The van der Waals surface area contributed by atoms with Gasteiger partial charge in [0.2, 0.25) is 0 Å². The van der Waals surface area contributed by atoms with Gasteiger partial charge in [-0.2, -0.15) is 13.2 Å². The first-order valence-corrected chi connectivity index (χ1v) is 3.82. The van der Waals surface area contributed by atoms with Crippen LogP contribution in [-0.4, -0.2) is 11.5 Å². The molecule has 0 aliphatic heterocycles. The van der Waals surface area contributed by atoms with Gasteiger partial charge in [0.25, 0.3) is 0 Å². The number of hydrogen-bond acceptors (Lipinski definition) is 2. The highest BCUT2D eigenvalue weighted by Gasteiger charge is 2.35. The molecule has 0 aliphatic carbocycles. The molecule has 0 saturated heterocycles. The highest BCUT2D eigenvalue weighted by molar-refractivity contribution is 5.28. The van der Waals surface area contributed by atoms with E-state index in [2.05, 4.69) is 4.98 Å². The fourth-order valence-electron chi connectivity index (χ4n) is 1.04. The van der Waals surface area contributed by atoms with Crippen molar-refractivity contribution in [3.63, 3.8) is 0 Å². The molecule has 0 bridgehead atoms. The average molecular weight is 208 g/mol. The summed E-state index contributed by atoms with van der Waals surface area (Å²) < 4.78 is 49.9. The minimum atomic E-state index is -4.57. The van der Waals surface area contributed by atoms with Gasteiger partial charge in [0.1, 0.15) is 6.17 Å². The molecule has 0 aliphatic rings. The van der Waals surface area contributed by atoms with Gasteiger partial charge in [-0.3, -0.25) is 4.98 Å². The van der Waals surface area contributed by atoms with Crippen LogP contribution >= 0.6 is 0 Å². The van der Waals surface area contributed by atoms with Gasteiger partial charge in [0, 0.05) is 24.5 Å². The average Bonchev–Trinajstić information content (AvgIpc) is 2.15. The van der Waals surface area contributed by atoms with Crippen LogP contribution in [0.25, 0.3) is 0 Å². The maximum Gasteiger partial charge on any atom is 0.416 e. The van der Waals surface area contributed by atoms with Gasteiger partial charge in [-0.25, -0.2) is 4.39 Å². The molecule has 1 aromatic rings. The Bertz CT molecular complexity index is 310. The van der Waals surface area contributed by atoms with Gasteiger partial charge < -0.3 is 5.73 Å². The Labute approximate surface area is 77.7 Å². The molecule has 2 N–H and O–H groups in total. The van der Waals surface area contributed by atoms with Crippen LogP contribution in [0.1, 0.15) is 17.3 Å². The summed E-state index contributed by atoms with van der Waals surface area (Å²) in [6.07, 6.45) is -4.59. The van der Waals surface area contributed by atoms with Gasteiger partial charge >= 0.3 is 6.18 Å². The first kappa shape index (κ1) is 10.9. The Morgan fingerprint density at radius 1 is 1.43 bits per heavy atom. The molecule has 1 atom stereocenters. The fraction of sp³-hybridized carbons (Fsp3) is 0.375.